The number of nitrogen functional groups attached to an aromatic ring is 4. The van der Waals surface area contributed by atoms with E-state index in [-0.39, 0.29) is 23.3 Å². The van der Waals surface area contributed by atoms with E-state index in [1.807, 2.05) is 101 Å². The number of amides is 4. The number of hydrogen-bond acceptors (Lipinski definition) is 42. The third kappa shape index (κ3) is 25.4. The maximum Gasteiger partial charge on any atom is 0.407 e. The van der Waals surface area contributed by atoms with Crippen molar-refractivity contribution in [2.45, 2.75) is 140 Å². The molecular weight excluding hydrogens is 1700 g/mol. The number of esters is 2. The molecule has 684 valence electrons. The van der Waals surface area contributed by atoms with Crippen molar-refractivity contribution in [1.82, 2.24) is 119 Å². The third-order valence-electron chi connectivity index (χ3n) is 19.2. The van der Waals surface area contributed by atoms with Crippen LogP contribution in [0.4, 0.5) is 42.4 Å². The van der Waals surface area contributed by atoms with Gasteiger partial charge in [0.1, 0.15) is 77.9 Å². The van der Waals surface area contributed by atoms with Crippen molar-refractivity contribution in [3.8, 4) is 0 Å². The first-order valence-electron chi connectivity index (χ1n) is 39.3. The zero-order valence-corrected chi connectivity index (χ0v) is 75.9. The second-order valence-electron chi connectivity index (χ2n) is 32.0. The Morgan fingerprint density at radius 3 is 0.935 bits per heavy atom. The molecule has 14 N–H and O–H groups in total. The predicted molar refractivity (Wildman–Crippen MR) is 466 cm³/mol. The Morgan fingerprint density at radius 1 is 0.363 bits per heavy atom. The maximum absolute atomic E-state index is 12.9. The summed E-state index contributed by atoms with van der Waals surface area (Å²) >= 11 is 6.12. The molecule has 0 aromatic carbocycles. The van der Waals surface area contributed by atoms with Crippen molar-refractivity contribution in [3.05, 3.63) is 50.6 Å². The predicted octanol–water partition coefficient (Wildman–Crippen LogP) is 1.94. The van der Waals surface area contributed by atoms with E-state index < -0.39 is 145 Å². The van der Waals surface area contributed by atoms with Gasteiger partial charge in [-0.3, -0.25) is 27.9 Å². The molecule has 4 fully saturated rings. The molecule has 0 radical (unpaired) electrons. The Bertz CT molecular complexity index is 4830. The number of imidazole rings is 4. The lowest BCUT2D eigenvalue weighted by molar-refractivity contribution is -0.168. The van der Waals surface area contributed by atoms with Crippen molar-refractivity contribution in [3.63, 3.8) is 0 Å². The van der Waals surface area contributed by atoms with Crippen LogP contribution >= 0.6 is 47.0 Å². The number of thioether (sulfide) groups is 4. The number of aliphatic hydroxyl groups is 2. The first-order chi connectivity index (χ1) is 58.9. The van der Waals surface area contributed by atoms with E-state index in [4.69, 9.17) is 70.3 Å². The van der Waals surface area contributed by atoms with Gasteiger partial charge in [0.05, 0.1) is 42.2 Å². The van der Waals surface area contributed by atoms with Crippen LogP contribution in [0.3, 0.4) is 0 Å². The maximum atomic E-state index is 12.9. The van der Waals surface area contributed by atoms with Gasteiger partial charge in [0, 0.05) is 75.4 Å². The molecule has 50 heteroatoms. The number of anilines is 4. The molecule has 12 rings (SSSR count). The topological polar surface area (TPSA) is 575 Å². The zero-order chi connectivity index (χ0) is 90.6. The summed E-state index contributed by atoms with van der Waals surface area (Å²) in [6, 6.07) is 0. The number of carbonyl (C=O) groups is 6. The van der Waals surface area contributed by atoms with Crippen molar-refractivity contribution in [2.75, 3.05) is 180 Å². The molecule has 0 aliphatic carbocycles. The molecule has 8 aromatic rings. The summed E-state index contributed by atoms with van der Waals surface area (Å²) in [7, 11) is 15.2. The number of alkyl carbamates (subject to hydrolysis) is 4. The number of ether oxygens (including phenoxy) is 10. The number of nitrogens with two attached hydrogens (primary N) is 4. The van der Waals surface area contributed by atoms with Crippen molar-refractivity contribution in [2.24, 2.45) is 10.8 Å². The highest BCUT2D eigenvalue weighted by atomic mass is 32.2. The summed E-state index contributed by atoms with van der Waals surface area (Å²) in [5.74, 6) is 2.18. The normalized spacial score (nSPS) is 23.7. The Hall–Kier alpha value is -9.58. The molecule has 46 nitrogen and oxygen atoms in total. The molecule has 0 unspecified atom stereocenters. The quantitative estimate of drug-likeness (QED) is 0.0227. The lowest BCUT2D eigenvalue weighted by Crippen LogP contribution is -2.44. The van der Waals surface area contributed by atoms with Gasteiger partial charge in [-0.1, -0.05) is 0 Å². The first-order valence-corrected chi connectivity index (χ1v) is 44.9. The van der Waals surface area contributed by atoms with Gasteiger partial charge >= 0.3 is 36.3 Å². The van der Waals surface area contributed by atoms with Gasteiger partial charge in [-0.05, 0) is 123 Å². The summed E-state index contributed by atoms with van der Waals surface area (Å²) < 4.78 is 65.4. The highest BCUT2D eigenvalue weighted by Crippen LogP contribution is 2.42. The summed E-state index contributed by atoms with van der Waals surface area (Å²) in [5, 5.41) is 32.3. The number of nitrogens with one attached hydrogen (secondary N) is 4. The average Bonchev–Trinajstić information content (AvgIpc) is 1.63. The number of rotatable bonds is 30. The van der Waals surface area contributed by atoms with Crippen molar-refractivity contribution < 1.29 is 86.3 Å². The number of nitrogens with zero attached hydrogens (tertiary/aromatic N) is 20. The van der Waals surface area contributed by atoms with Gasteiger partial charge in [-0.2, -0.15) is 47.0 Å². The lowest BCUT2D eigenvalue weighted by atomic mass is 9.97. The molecule has 4 saturated heterocycles. The van der Waals surface area contributed by atoms with E-state index in [2.05, 4.69) is 81.1 Å². The Morgan fingerprint density at radius 2 is 0.613 bits per heavy atom. The Kier molecular flexibility index (Phi) is 35.7. The highest BCUT2D eigenvalue weighted by molar-refractivity contribution is 7.99. The monoisotopic (exact) mass is 1810 g/mol. The molecule has 4 aliphatic heterocycles. The largest absolute Gasteiger partial charge is 0.455 e. The van der Waals surface area contributed by atoms with Crippen LogP contribution in [0.5, 0.6) is 0 Å². The second kappa shape index (κ2) is 45.0. The van der Waals surface area contributed by atoms with Gasteiger partial charge in [0.25, 0.3) is 0 Å². The Balaban J connectivity index is 0.000000188. The summed E-state index contributed by atoms with van der Waals surface area (Å²) in [4.78, 5) is 133. The molecule has 0 bridgehead atoms. The second-order valence-corrected chi connectivity index (χ2v) is 35.7. The van der Waals surface area contributed by atoms with E-state index >= 15 is 0 Å². The SMILES string of the molecule is CSC[C@H]1O[C@@H](n2cnc3c(N)ncnc32)[C@H](O)[C@@H]1OC(=O)NCCN(C)C.CSC[C@H]1O[C@@H](n2cnc3c(N)ncnc32)[C@H](OC(=O)C(C)(C)C)[C@@H]1OC(=O)NCCN(C)C.CSC[C@H]1O[C@@H](n2cnc3c(N)ncnc32)[C@H](OC(=O)NCCN(C)C)[C@@H]1O.CSC[C@H]1O[C@@H](n2cnc3c(N)ncnc32)[C@H](OC(=O)NCCN(C)C)[C@@H]1OC(=O)C(C)(C)C. The first kappa shape index (κ1) is 98.2. The zero-order valence-electron chi connectivity index (χ0n) is 72.7. The summed E-state index contributed by atoms with van der Waals surface area (Å²) in [6.07, 6.45) is 3.78. The van der Waals surface area contributed by atoms with Crippen molar-refractivity contribution >= 4 is 151 Å². The molecule has 124 heavy (non-hydrogen) atoms. The average molecular weight is 1810 g/mol. The van der Waals surface area contributed by atoms with E-state index in [0.717, 1.165) is 0 Å². The molecule has 0 saturated carbocycles. The van der Waals surface area contributed by atoms with Crippen LogP contribution in [0.2, 0.25) is 0 Å². The third-order valence-corrected chi connectivity index (χ3v) is 21.8. The highest BCUT2D eigenvalue weighted by Gasteiger charge is 2.55. The smallest absolute Gasteiger partial charge is 0.407 e. The molecule has 16 atom stereocenters. The van der Waals surface area contributed by atoms with Gasteiger partial charge in [-0.25, -0.2) is 79.0 Å². The molecule has 12 heterocycles. The van der Waals surface area contributed by atoms with Crippen LogP contribution in [0, 0.1) is 10.8 Å². The minimum Gasteiger partial charge on any atom is -0.455 e. The van der Waals surface area contributed by atoms with Crippen LogP contribution in [0.15, 0.2) is 50.6 Å². The van der Waals surface area contributed by atoms with E-state index in [1.165, 1.54) is 97.7 Å². The van der Waals surface area contributed by atoms with Crippen LogP contribution in [-0.4, -0.2) is 374 Å². The van der Waals surface area contributed by atoms with Gasteiger partial charge in [0.15, 0.2) is 107 Å². The van der Waals surface area contributed by atoms with E-state index in [1.54, 1.807) is 59.8 Å². The van der Waals surface area contributed by atoms with Crippen molar-refractivity contribution in [1.29, 1.82) is 0 Å². The van der Waals surface area contributed by atoms with Crippen LogP contribution in [0.1, 0.15) is 66.5 Å². The number of likely N-dealkylation sites (N-methyl/N-ethyl adjacent to an activating group) is 4. The van der Waals surface area contributed by atoms with Crippen LogP contribution in [-0.2, 0) is 57.0 Å². The molecule has 8 aromatic heterocycles. The molecule has 0 spiro atoms. The van der Waals surface area contributed by atoms with Gasteiger partial charge in [0.2, 0.25) is 0 Å². The Labute approximate surface area is 733 Å². The molecule has 4 amide bonds. The van der Waals surface area contributed by atoms with Crippen LogP contribution < -0.4 is 44.2 Å². The van der Waals surface area contributed by atoms with Crippen LogP contribution in [0.25, 0.3) is 44.7 Å². The fourth-order valence-corrected chi connectivity index (χ4v) is 15.2. The standard InChI is InChI=1S/2C21H33N7O5S.2C16H25N7O4S/c1-21(2,3)19(29)32-15-14(33-20(30)23-7-8-27(4)5)12(9-34-6)31-18(15)28-11-26-13-16(22)24-10-25-17(13)28;1-21(2,3)19(29)32-14-12(9-34-6)31-18(15(14)33-20(30)23-7-8-27(4)5)28-11-26-13-16(22)24-10-25-17(13)28;1-22(2)5-4-18-16(25)27-12-9(6-28-3)26-15(11(12)24)23-8-21-10-13(17)19-7-20-14(10)23;1-22(2)5-4-18-16(25)27-12-11(24)9(6-28-3)26-15(12)23-8-21-10-13(17)19-7-20-14(10)23/h2*10-12,14-15,18H,7-9H2,1-6H3,(H,23,30)(H2,22,24,25);2*7-9,11-12,15,24H,4-6H2,1-3H3,(H,18,25)(H2,17,19,20)/t2*12-,14-,15-,18-;2*9-,11-,12-,15-/m1111/s1. The lowest BCUT2D eigenvalue weighted by Gasteiger charge is -2.27. The van der Waals surface area contributed by atoms with E-state index in [9.17, 15) is 39.0 Å². The number of aromatic nitrogens is 16. The number of carbonyl (C=O) groups excluding carboxylic acids is 6. The molecule has 4 aliphatic rings. The minimum atomic E-state index is -1.09. The van der Waals surface area contributed by atoms with E-state index in [0.29, 0.717) is 120 Å². The summed E-state index contributed by atoms with van der Waals surface area (Å²) in [5.41, 5.74) is 25.4. The van der Waals surface area contributed by atoms with Gasteiger partial charge in [-0.15, -0.1) is 0 Å². The minimum absolute atomic E-state index is 0.219. The molecular formula is C74H116N28O18S4. The number of fused-ring (bicyclic) bond motifs is 4. The fourth-order valence-electron chi connectivity index (χ4n) is 12.8. The van der Waals surface area contributed by atoms with Gasteiger partial charge < -0.3 is 121 Å². The summed E-state index contributed by atoms with van der Waals surface area (Å²) in [6.45, 7) is 14.8. The number of hydrogen-bond donors (Lipinski definition) is 10. The fraction of sp³-hybridized carbons (Fsp3) is 0.649. The number of aliphatic hydroxyl groups excluding tert-OH is 2.